The summed E-state index contributed by atoms with van der Waals surface area (Å²) in [6.07, 6.45) is 0. The maximum absolute atomic E-state index is 14.3. The molecule has 0 aliphatic carbocycles. The van der Waals surface area contributed by atoms with E-state index in [9.17, 15) is 9.18 Å². The van der Waals surface area contributed by atoms with E-state index in [1.807, 2.05) is 0 Å². The van der Waals surface area contributed by atoms with Gasteiger partial charge in [0, 0.05) is 5.56 Å². The average Bonchev–Trinajstić information content (AvgIpc) is 2.89. The third-order valence-corrected chi connectivity index (χ3v) is 2.82. The topological polar surface area (TPSA) is 77.1 Å². The molecule has 0 fully saturated rings. The summed E-state index contributed by atoms with van der Waals surface area (Å²) < 4.78 is 24.0. The highest BCUT2D eigenvalue weighted by molar-refractivity contribution is 6.32. The summed E-state index contributed by atoms with van der Waals surface area (Å²) in [6.45, 7) is 1.83. The minimum Gasteiger partial charge on any atom is -0.492 e. The highest BCUT2D eigenvalue weighted by Crippen LogP contribution is 2.34. The number of H-pyrrole nitrogens is 1. The van der Waals surface area contributed by atoms with E-state index in [0.29, 0.717) is 0 Å². The van der Waals surface area contributed by atoms with Crippen LogP contribution >= 0.6 is 11.6 Å². The fourth-order valence-electron chi connectivity index (χ4n) is 1.66. The third-order valence-electron chi connectivity index (χ3n) is 2.53. The van der Waals surface area contributed by atoms with Crippen molar-refractivity contribution in [2.75, 3.05) is 13.7 Å². The number of esters is 1. The van der Waals surface area contributed by atoms with E-state index in [4.69, 9.17) is 21.1 Å². The van der Waals surface area contributed by atoms with Crippen molar-refractivity contribution in [1.82, 2.24) is 15.4 Å². The monoisotopic (exact) mass is 299 g/mol. The summed E-state index contributed by atoms with van der Waals surface area (Å²) >= 11 is 5.81. The summed E-state index contributed by atoms with van der Waals surface area (Å²) in [5, 5.41) is 9.85. The van der Waals surface area contributed by atoms with E-state index in [0.717, 1.165) is 0 Å². The Bertz CT molecular complexity index is 645. The van der Waals surface area contributed by atoms with Gasteiger partial charge in [-0.05, 0) is 19.1 Å². The van der Waals surface area contributed by atoms with Crippen LogP contribution in [0.2, 0.25) is 5.02 Å². The van der Waals surface area contributed by atoms with Crippen molar-refractivity contribution in [3.8, 4) is 17.0 Å². The van der Waals surface area contributed by atoms with Gasteiger partial charge in [0.05, 0.1) is 18.7 Å². The number of carbonyl (C=O) groups is 1. The third kappa shape index (κ3) is 2.44. The van der Waals surface area contributed by atoms with E-state index in [1.165, 1.54) is 19.2 Å². The van der Waals surface area contributed by atoms with E-state index in [2.05, 4.69) is 15.4 Å². The van der Waals surface area contributed by atoms with Gasteiger partial charge in [0.1, 0.15) is 5.69 Å². The van der Waals surface area contributed by atoms with Crippen LogP contribution in [0.5, 0.6) is 5.75 Å². The number of aromatic nitrogens is 3. The lowest BCUT2D eigenvalue weighted by atomic mass is 10.1. The normalized spacial score (nSPS) is 10.4. The molecule has 0 radical (unpaired) electrons. The number of benzene rings is 1. The Morgan fingerprint density at radius 2 is 2.20 bits per heavy atom. The summed E-state index contributed by atoms with van der Waals surface area (Å²) in [5.41, 5.74) is -0.0194. The van der Waals surface area contributed by atoms with E-state index in [-0.39, 0.29) is 34.3 Å². The number of methoxy groups -OCH3 is 1. The molecule has 1 aromatic heterocycles. The number of nitrogens with zero attached hydrogens (tertiary/aromatic N) is 2. The number of nitrogens with one attached hydrogen (secondary N) is 1. The highest BCUT2D eigenvalue weighted by atomic mass is 35.5. The van der Waals surface area contributed by atoms with Gasteiger partial charge in [-0.15, -0.1) is 5.10 Å². The first kappa shape index (κ1) is 14.3. The smallest absolute Gasteiger partial charge is 0.361 e. The van der Waals surface area contributed by atoms with Crippen LogP contribution in [0.1, 0.15) is 17.4 Å². The fraction of sp³-hybridized carbons (Fsp3) is 0.250. The van der Waals surface area contributed by atoms with Crippen LogP contribution in [0.4, 0.5) is 4.39 Å². The molecule has 0 atom stereocenters. The predicted molar refractivity (Wildman–Crippen MR) is 69.3 cm³/mol. The Kier molecular flexibility index (Phi) is 4.19. The van der Waals surface area contributed by atoms with Crippen molar-refractivity contribution in [3.63, 3.8) is 0 Å². The first-order valence-electron chi connectivity index (χ1n) is 5.70. The molecular weight excluding hydrogens is 289 g/mol. The zero-order valence-corrected chi connectivity index (χ0v) is 11.5. The van der Waals surface area contributed by atoms with Gasteiger partial charge in [-0.3, -0.25) is 0 Å². The molecule has 2 rings (SSSR count). The predicted octanol–water partition coefficient (Wildman–Crippen LogP) is 2.45. The maximum Gasteiger partial charge on any atom is 0.361 e. The van der Waals surface area contributed by atoms with Gasteiger partial charge >= 0.3 is 5.97 Å². The van der Waals surface area contributed by atoms with Crippen LogP contribution in [-0.4, -0.2) is 35.1 Å². The van der Waals surface area contributed by atoms with Crippen LogP contribution in [0, 0.1) is 5.82 Å². The van der Waals surface area contributed by atoms with Crippen LogP contribution in [0.3, 0.4) is 0 Å². The first-order valence-corrected chi connectivity index (χ1v) is 6.08. The molecule has 0 unspecified atom stereocenters. The van der Waals surface area contributed by atoms with Gasteiger partial charge < -0.3 is 9.47 Å². The molecule has 0 bridgehead atoms. The molecule has 20 heavy (non-hydrogen) atoms. The molecule has 2 aromatic rings. The largest absolute Gasteiger partial charge is 0.492 e. The lowest BCUT2D eigenvalue weighted by Crippen LogP contribution is -2.07. The number of halogens is 2. The Labute approximate surface area is 118 Å². The van der Waals surface area contributed by atoms with Crippen molar-refractivity contribution >= 4 is 17.6 Å². The van der Waals surface area contributed by atoms with Crippen molar-refractivity contribution in [2.45, 2.75) is 6.92 Å². The molecule has 0 amide bonds. The number of rotatable bonds is 4. The standard InChI is InChI=1S/C12H11ClFN3O3/c1-3-20-12(18)10-9(15-17-16-10)6-4-5-7(13)11(19-2)8(6)14/h4-5H,3H2,1-2H3,(H,15,16,17). The Hall–Kier alpha value is -2.15. The van der Waals surface area contributed by atoms with E-state index < -0.39 is 11.8 Å². The average molecular weight is 300 g/mol. The highest BCUT2D eigenvalue weighted by Gasteiger charge is 2.24. The van der Waals surface area contributed by atoms with E-state index in [1.54, 1.807) is 6.92 Å². The van der Waals surface area contributed by atoms with Crippen molar-refractivity contribution in [2.24, 2.45) is 0 Å². The Balaban J connectivity index is 2.53. The van der Waals surface area contributed by atoms with Gasteiger partial charge in [0.25, 0.3) is 0 Å². The lowest BCUT2D eigenvalue weighted by molar-refractivity contribution is 0.0520. The summed E-state index contributed by atoms with van der Waals surface area (Å²) in [4.78, 5) is 11.7. The van der Waals surface area contributed by atoms with Crippen molar-refractivity contribution in [3.05, 3.63) is 28.7 Å². The second kappa shape index (κ2) is 5.87. The summed E-state index contributed by atoms with van der Waals surface area (Å²) in [6, 6.07) is 2.84. The van der Waals surface area contributed by atoms with Crippen LogP contribution in [-0.2, 0) is 4.74 Å². The number of carbonyl (C=O) groups excluding carboxylic acids is 1. The molecule has 0 aliphatic heterocycles. The van der Waals surface area contributed by atoms with Gasteiger partial charge in [0.15, 0.2) is 17.3 Å². The Morgan fingerprint density at radius 3 is 2.85 bits per heavy atom. The number of ether oxygens (including phenoxy) is 2. The second-order valence-corrected chi connectivity index (χ2v) is 4.09. The SMILES string of the molecule is CCOC(=O)c1n[nH]nc1-c1ccc(Cl)c(OC)c1F. The molecule has 0 saturated carbocycles. The Morgan fingerprint density at radius 1 is 1.45 bits per heavy atom. The van der Waals surface area contributed by atoms with Gasteiger partial charge in [0.2, 0.25) is 0 Å². The number of hydrogen-bond acceptors (Lipinski definition) is 5. The maximum atomic E-state index is 14.3. The molecule has 0 saturated heterocycles. The first-order chi connectivity index (χ1) is 9.60. The minimum absolute atomic E-state index is 0.0379. The molecule has 0 aliphatic rings. The molecule has 0 spiro atoms. The molecule has 8 heteroatoms. The zero-order valence-electron chi connectivity index (χ0n) is 10.7. The van der Waals surface area contributed by atoms with Gasteiger partial charge in [-0.1, -0.05) is 11.6 Å². The number of hydrogen-bond donors (Lipinski definition) is 1. The van der Waals surface area contributed by atoms with Gasteiger partial charge in [-0.2, -0.15) is 10.3 Å². The summed E-state index contributed by atoms with van der Waals surface area (Å²) in [7, 11) is 1.29. The van der Waals surface area contributed by atoms with Gasteiger partial charge in [-0.25, -0.2) is 9.18 Å². The van der Waals surface area contributed by atoms with Crippen LogP contribution in [0.25, 0.3) is 11.3 Å². The molecule has 1 N–H and O–H groups in total. The number of aromatic amines is 1. The minimum atomic E-state index is -0.723. The molecule has 106 valence electrons. The molecular formula is C12H11ClFN3O3. The molecule has 6 nitrogen and oxygen atoms in total. The van der Waals surface area contributed by atoms with Crippen LogP contribution < -0.4 is 4.74 Å². The van der Waals surface area contributed by atoms with Crippen molar-refractivity contribution in [1.29, 1.82) is 0 Å². The zero-order chi connectivity index (χ0) is 14.7. The second-order valence-electron chi connectivity index (χ2n) is 3.68. The molecule has 1 aromatic carbocycles. The lowest BCUT2D eigenvalue weighted by Gasteiger charge is -2.08. The summed E-state index contributed by atoms with van der Waals surface area (Å²) in [5.74, 6) is -1.54. The molecule has 1 heterocycles. The quantitative estimate of drug-likeness (QED) is 0.877. The van der Waals surface area contributed by atoms with Crippen molar-refractivity contribution < 1.29 is 18.7 Å². The van der Waals surface area contributed by atoms with Crippen LogP contribution in [0.15, 0.2) is 12.1 Å². The van der Waals surface area contributed by atoms with E-state index >= 15 is 0 Å². The fourth-order valence-corrected chi connectivity index (χ4v) is 1.89.